The van der Waals surface area contributed by atoms with Crippen molar-refractivity contribution in [3.05, 3.63) is 0 Å². The first kappa shape index (κ1) is 43.3. The zero-order valence-electron chi connectivity index (χ0n) is 34.2. The number of nitrogens with zero attached hydrogens (tertiary/aromatic N) is 1. The van der Waals surface area contributed by atoms with Crippen LogP contribution in [-0.2, 0) is 9.47 Å². The first-order valence-corrected chi connectivity index (χ1v) is 22.8. The number of unbranched alkanes of at least 4 members (excludes halogenated alkanes) is 14. The molecule has 290 valence electrons. The van der Waals surface area contributed by atoms with Gasteiger partial charge in [-0.05, 0) is 94.0 Å². The van der Waals surface area contributed by atoms with Gasteiger partial charge in [-0.15, -0.1) is 0 Å². The monoisotopic (exact) mass is 688 g/mol. The Labute approximate surface area is 308 Å². The Hall–Kier alpha value is -0.120. The highest BCUT2D eigenvalue weighted by atomic mass is 16.5. The Morgan fingerprint density at radius 1 is 0.510 bits per heavy atom. The molecule has 0 amide bonds. The Kier molecular flexibility index (Phi) is 24.3. The lowest BCUT2D eigenvalue weighted by atomic mass is 9.96. The van der Waals surface area contributed by atoms with Crippen LogP contribution in [0.2, 0.25) is 0 Å². The first-order chi connectivity index (χ1) is 24.0. The molecule has 0 aromatic carbocycles. The predicted molar refractivity (Wildman–Crippen MR) is 214 cm³/mol. The lowest BCUT2D eigenvalue weighted by molar-refractivity contribution is -0.0287. The van der Waals surface area contributed by atoms with Gasteiger partial charge >= 0.3 is 0 Å². The van der Waals surface area contributed by atoms with Crippen LogP contribution in [0, 0.1) is 41.4 Å². The third-order valence-electron chi connectivity index (χ3n) is 12.9. The third-order valence-corrected chi connectivity index (χ3v) is 12.9. The minimum atomic E-state index is 0.212. The van der Waals surface area contributed by atoms with E-state index in [1.807, 2.05) is 0 Å². The zero-order valence-corrected chi connectivity index (χ0v) is 34.2. The van der Waals surface area contributed by atoms with E-state index in [1.54, 1.807) is 25.7 Å². The summed E-state index contributed by atoms with van der Waals surface area (Å²) in [5.74, 6) is 7.59. The van der Waals surface area contributed by atoms with Crippen LogP contribution in [0.3, 0.4) is 0 Å². The maximum atomic E-state index is 6.29. The zero-order chi connectivity index (χ0) is 34.9. The van der Waals surface area contributed by atoms with E-state index in [1.165, 1.54) is 161 Å². The van der Waals surface area contributed by atoms with Gasteiger partial charge in [0.2, 0.25) is 0 Å². The van der Waals surface area contributed by atoms with Crippen molar-refractivity contribution in [1.82, 2.24) is 4.90 Å². The Morgan fingerprint density at radius 3 is 1.55 bits per heavy atom. The highest BCUT2D eigenvalue weighted by molar-refractivity contribution is 4.94. The topological polar surface area (TPSA) is 21.7 Å². The van der Waals surface area contributed by atoms with Crippen molar-refractivity contribution in [2.75, 3.05) is 40.5 Å². The Morgan fingerprint density at radius 2 is 0.959 bits per heavy atom. The molecule has 3 saturated carbocycles. The Balaban J connectivity index is 1.03. The van der Waals surface area contributed by atoms with Crippen LogP contribution >= 0.6 is 0 Å². The van der Waals surface area contributed by atoms with Crippen molar-refractivity contribution in [1.29, 1.82) is 0 Å². The average Bonchev–Trinajstić information content (AvgIpc) is 4.01. The van der Waals surface area contributed by atoms with Gasteiger partial charge in [-0.25, -0.2) is 0 Å². The highest BCUT2D eigenvalue weighted by Crippen LogP contribution is 2.54. The summed E-state index contributed by atoms with van der Waals surface area (Å²) in [6.45, 7) is 10.6. The molecular formula is C46H89NO2. The largest absolute Gasteiger partial charge is 0.379 e. The van der Waals surface area contributed by atoms with E-state index in [0.717, 1.165) is 67.8 Å². The molecule has 8 atom stereocenters. The van der Waals surface area contributed by atoms with E-state index in [4.69, 9.17) is 9.47 Å². The van der Waals surface area contributed by atoms with Gasteiger partial charge in [0.1, 0.15) is 0 Å². The normalized spacial score (nSPS) is 25.6. The summed E-state index contributed by atoms with van der Waals surface area (Å²) in [6, 6.07) is 0. The predicted octanol–water partition coefficient (Wildman–Crippen LogP) is 13.7. The maximum Gasteiger partial charge on any atom is 0.0934 e. The lowest BCUT2D eigenvalue weighted by Gasteiger charge is -2.21. The van der Waals surface area contributed by atoms with Gasteiger partial charge in [0.15, 0.2) is 0 Å². The van der Waals surface area contributed by atoms with Crippen molar-refractivity contribution in [3.63, 3.8) is 0 Å². The summed E-state index contributed by atoms with van der Waals surface area (Å²) in [5.41, 5.74) is 0. The molecule has 3 heteroatoms. The van der Waals surface area contributed by atoms with E-state index < -0.39 is 0 Å². The van der Waals surface area contributed by atoms with Gasteiger partial charge in [-0.2, -0.15) is 0 Å². The average molecular weight is 688 g/mol. The molecule has 0 N–H and O–H groups in total. The molecule has 49 heavy (non-hydrogen) atoms. The number of hydrogen-bond donors (Lipinski definition) is 0. The second-order valence-electron chi connectivity index (χ2n) is 18.2. The fraction of sp³-hybridized carbons (Fsp3) is 1.00. The fourth-order valence-electron chi connectivity index (χ4n) is 9.14. The lowest BCUT2D eigenvalue weighted by Crippen LogP contribution is -2.32. The number of likely N-dealkylation sites (N-methyl/N-ethyl adjacent to an activating group) is 1. The molecule has 8 unspecified atom stereocenters. The van der Waals surface area contributed by atoms with E-state index in [2.05, 4.69) is 39.8 Å². The quantitative estimate of drug-likeness (QED) is 0.0607. The summed E-state index contributed by atoms with van der Waals surface area (Å²) in [5, 5.41) is 0. The van der Waals surface area contributed by atoms with Crippen LogP contribution in [0.1, 0.15) is 207 Å². The number of ether oxygens (including phenoxy) is 2. The molecule has 0 radical (unpaired) electrons. The van der Waals surface area contributed by atoms with Gasteiger partial charge in [0, 0.05) is 19.8 Å². The van der Waals surface area contributed by atoms with Crippen molar-refractivity contribution >= 4 is 0 Å². The summed E-state index contributed by atoms with van der Waals surface area (Å²) < 4.78 is 12.4. The fourth-order valence-corrected chi connectivity index (χ4v) is 9.14. The SMILES string of the molecule is CCCCCC(C)CCCC1CC1CCCCCCCCOCC(CN(C)C)OCCCCCCCCC1CC1CC1CC1CCCCC. The minimum Gasteiger partial charge on any atom is -0.379 e. The molecule has 3 rings (SSSR count). The standard InChI is InChI=1S/C46H89NO2/c1-6-8-18-25-39(3)26-24-30-41-33-40(41)28-20-14-10-12-16-22-31-48-38-46(37-47(4)5)49-32-23-17-13-11-15-21-29-43-35-45(43)36-44-34-42(44)27-19-9-7-2/h39-46H,6-38H2,1-5H3. The van der Waals surface area contributed by atoms with Crippen LogP contribution in [0.15, 0.2) is 0 Å². The van der Waals surface area contributed by atoms with Crippen LogP contribution in [0.5, 0.6) is 0 Å². The molecule has 0 aromatic heterocycles. The second-order valence-corrected chi connectivity index (χ2v) is 18.2. The molecule has 3 aliphatic carbocycles. The van der Waals surface area contributed by atoms with Gasteiger partial charge in [0.25, 0.3) is 0 Å². The van der Waals surface area contributed by atoms with Crippen LogP contribution in [0.25, 0.3) is 0 Å². The van der Waals surface area contributed by atoms with Crippen molar-refractivity contribution in [2.24, 2.45) is 41.4 Å². The molecule has 0 saturated heterocycles. The third kappa shape index (κ3) is 22.5. The van der Waals surface area contributed by atoms with Gasteiger partial charge in [-0.1, -0.05) is 168 Å². The molecule has 0 aromatic rings. The second kappa shape index (κ2) is 27.5. The number of hydrogen-bond acceptors (Lipinski definition) is 3. The summed E-state index contributed by atoms with van der Waals surface area (Å²) in [4.78, 5) is 2.24. The molecule has 3 aliphatic rings. The molecule has 0 aliphatic heterocycles. The van der Waals surface area contributed by atoms with Gasteiger partial charge in [0.05, 0.1) is 12.7 Å². The molecule has 0 spiro atoms. The minimum absolute atomic E-state index is 0.212. The summed E-state index contributed by atoms with van der Waals surface area (Å²) in [7, 11) is 4.30. The summed E-state index contributed by atoms with van der Waals surface area (Å²) >= 11 is 0. The molecule has 0 bridgehead atoms. The van der Waals surface area contributed by atoms with E-state index in [9.17, 15) is 0 Å². The van der Waals surface area contributed by atoms with E-state index in [-0.39, 0.29) is 6.10 Å². The first-order valence-electron chi connectivity index (χ1n) is 22.8. The van der Waals surface area contributed by atoms with E-state index >= 15 is 0 Å². The van der Waals surface area contributed by atoms with Crippen LogP contribution in [0.4, 0.5) is 0 Å². The molecule has 3 nitrogen and oxygen atoms in total. The van der Waals surface area contributed by atoms with Crippen molar-refractivity contribution in [2.45, 2.75) is 213 Å². The van der Waals surface area contributed by atoms with Gasteiger partial charge in [-0.3, -0.25) is 0 Å². The smallest absolute Gasteiger partial charge is 0.0934 e. The van der Waals surface area contributed by atoms with Crippen molar-refractivity contribution in [3.8, 4) is 0 Å². The van der Waals surface area contributed by atoms with Gasteiger partial charge < -0.3 is 14.4 Å². The van der Waals surface area contributed by atoms with Crippen LogP contribution in [-0.4, -0.2) is 51.5 Å². The molecule has 3 fully saturated rings. The number of rotatable bonds is 37. The van der Waals surface area contributed by atoms with Crippen LogP contribution < -0.4 is 0 Å². The Bertz CT molecular complexity index is 755. The highest BCUT2D eigenvalue weighted by Gasteiger charge is 2.44. The summed E-state index contributed by atoms with van der Waals surface area (Å²) in [6.07, 6.45) is 42.0. The maximum absolute atomic E-state index is 6.29. The molecular weight excluding hydrogens is 599 g/mol. The molecule has 0 heterocycles. The van der Waals surface area contributed by atoms with Crippen molar-refractivity contribution < 1.29 is 9.47 Å². The van der Waals surface area contributed by atoms with E-state index in [0.29, 0.717) is 0 Å².